The minimum absolute atomic E-state index is 0.0601. The molecule has 2 N–H and O–H groups in total. The van der Waals surface area contributed by atoms with Crippen LogP contribution in [0.15, 0.2) is 18.2 Å². The Morgan fingerprint density at radius 1 is 1.53 bits per heavy atom. The van der Waals surface area contributed by atoms with Crippen LogP contribution in [0, 0.1) is 0 Å². The lowest BCUT2D eigenvalue weighted by atomic mass is 10.0. The third-order valence-electron chi connectivity index (χ3n) is 3.68. The minimum Gasteiger partial charge on any atom is -0.490 e. The third-order valence-corrected chi connectivity index (χ3v) is 3.68. The topological polar surface area (TPSA) is 50.4 Å². The molecular weight excluding hydrogens is 240 g/mol. The molecule has 4 nitrogen and oxygen atoms in total. The second-order valence-electron chi connectivity index (χ2n) is 5.25. The zero-order valence-electron chi connectivity index (χ0n) is 11.2. The highest BCUT2D eigenvalue weighted by Gasteiger charge is 2.28. The largest absolute Gasteiger partial charge is 0.490 e. The van der Waals surface area contributed by atoms with Gasteiger partial charge in [0.25, 0.3) is 0 Å². The van der Waals surface area contributed by atoms with Gasteiger partial charge in [-0.25, -0.2) is 0 Å². The van der Waals surface area contributed by atoms with Gasteiger partial charge in [0.05, 0.1) is 11.7 Å². The number of ketones is 1. The van der Waals surface area contributed by atoms with Crippen LogP contribution in [0.5, 0.6) is 5.75 Å². The van der Waals surface area contributed by atoms with Gasteiger partial charge >= 0.3 is 0 Å². The van der Waals surface area contributed by atoms with Crippen molar-refractivity contribution in [3.63, 3.8) is 0 Å². The Hall–Kier alpha value is -1.55. The molecule has 1 aliphatic carbocycles. The molecule has 1 aliphatic heterocycles. The van der Waals surface area contributed by atoms with Gasteiger partial charge in [-0.2, -0.15) is 0 Å². The van der Waals surface area contributed by atoms with Crippen molar-refractivity contribution < 1.29 is 9.53 Å². The summed E-state index contributed by atoms with van der Waals surface area (Å²) < 4.78 is 5.53. The highest BCUT2D eigenvalue weighted by Crippen LogP contribution is 2.29. The van der Waals surface area contributed by atoms with E-state index in [-0.39, 0.29) is 11.8 Å². The average Bonchev–Trinajstić information content (AvgIpc) is 3.27. The zero-order chi connectivity index (χ0) is 13.2. The van der Waals surface area contributed by atoms with Crippen LogP contribution in [0.3, 0.4) is 0 Å². The van der Waals surface area contributed by atoms with Gasteiger partial charge in [0.2, 0.25) is 0 Å². The predicted octanol–water partition coefficient (Wildman–Crippen LogP) is 2.20. The highest BCUT2D eigenvalue weighted by atomic mass is 16.5. The number of fused-ring (bicyclic) bond motifs is 1. The van der Waals surface area contributed by atoms with E-state index >= 15 is 0 Å². The monoisotopic (exact) mass is 260 g/mol. The van der Waals surface area contributed by atoms with Crippen molar-refractivity contribution in [2.45, 2.75) is 38.3 Å². The molecule has 2 aliphatic rings. The van der Waals surface area contributed by atoms with Crippen molar-refractivity contribution in [3.8, 4) is 5.75 Å². The number of ether oxygens (including phenoxy) is 1. The Labute approximate surface area is 113 Å². The van der Waals surface area contributed by atoms with Gasteiger partial charge in [0.1, 0.15) is 12.4 Å². The van der Waals surface area contributed by atoms with Crippen molar-refractivity contribution in [2.24, 2.45) is 0 Å². The Bertz CT molecular complexity index is 483. The minimum atomic E-state index is -0.0601. The maximum atomic E-state index is 12.5. The molecule has 4 heteroatoms. The standard InChI is InChI=1S/C15H20N2O2/c1-2-12(17-11-4-5-11)15(18)10-3-6-14-13(9-10)16-7-8-19-14/h3,6,9,11-12,16-17H,2,4-5,7-8H2,1H3. The Kier molecular flexibility index (Phi) is 3.42. The molecule has 0 aromatic heterocycles. The molecule has 1 saturated carbocycles. The van der Waals surface area contributed by atoms with Gasteiger partial charge in [-0.15, -0.1) is 0 Å². The van der Waals surface area contributed by atoms with E-state index in [1.54, 1.807) is 0 Å². The van der Waals surface area contributed by atoms with Crippen molar-refractivity contribution in [3.05, 3.63) is 23.8 Å². The van der Waals surface area contributed by atoms with Crippen molar-refractivity contribution in [1.29, 1.82) is 0 Å². The van der Waals surface area contributed by atoms with Crippen LogP contribution in [0.25, 0.3) is 0 Å². The lowest BCUT2D eigenvalue weighted by Gasteiger charge is -2.21. The molecule has 1 heterocycles. The Balaban J connectivity index is 1.77. The highest BCUT2D eigenvalue weighted by molar-refractivity contribution is 6.01. The molecule has 0 spiro atoms. The molecule has 1 unspecified atom stereocenters. The molecule has 1 fully saturated rings. The maximum Gasteiger partial charge on any atom is 0.179 e. The van der Waals surface area contributed by atoms with Crippen molar-refractivity contribution in [2.75, 3.05) is 18.5 Å². The number of benzene rings is 1. The molecule has 1 aromatic carbocycles. The third kappa shape index (κ3) is 2.73. The molecule has 0 bridgehead atoms. The number of rotatable bonds is 5. The van der Waals surface area contributed by atoms with Crippen molar-refractivity contribution >= 4 is 11.5 Å². The first kappa shape index (κ1) is 12.5. The summed E-state index contributed by atoms with van der Waals surface area (Å²) in [6.07, 6.45) is 3.23. The number of hydrogen-bond acceptors (Lipinski definition) is 4. The van der Waals surface area contributed by atoms with E-state index in [1.165, 1.54) is 12.8 Å². The van der Waals surface area contributed by atoms with Crippen LogP contribution < -0.4 is 15.4 Å². The number of Topliss-reactive ketones (excluding diaryl/α,β-unsaturated/α-hetero) is 1. The van der Waals surface area contributed by atoms with Crippen LogP contribution in [-0.4, -0.2) is 31.0 Å². The van der Waals surface area contributed by atoms with Gasteiger partial charge in [-0.05, 0) is 37.5 Å². The van der Waals surface area contributed by atoms with Gasteiger partial charge in [-0.3, -0.25) is 4.79 Å². The number of nitrogens with one attached hydrogen (secondary N) is 2. The van der Waals surface area contributed by atoms with Crippen LogP contribution >= 0.6 is 0 Å². The van der Waals surface area contributed by atoms with E-state index in [4.69, 9.17) is 4.74 Å². The van der Waals surface area contributed by atoms with Crippen LogP contribution in [-0.2, 0) is 0 Å². The maximum absolute atomic E-state index is 12.5. The second-order valence-corrected chi connectivity index (χ2v) is 5.25. The van der Waals surface area contributed by atoms with Gasteiger partial charge < -0.3 is 15.4 Å². The van der Waals surface area contributed by atoms with E-state index in [9.17, 15) is 4.79 Å². The number of hydrogen-bond donors (Lipinski definition) is 2. The summed E-state index contributed by atoms with van der Waals surface area (Å²) in [4.78, 5) is 12.5. The summed E-state index contributed by atoms with van der Waals surface area (Å²) in [6.45, 7) is 3.53. The number of carbonyl (C=O) groups is 1. The fraction of sp³-hybridized carbons (Fsp3) is 0.533. The first-order valence-electron chi connectivity index (χ1n) is 7.09. The molecule has 0 radical (unpaired) electrons. The van der Waals surface area contributed by atoms with E-state index in [2.05, 4.69) is 17.6 Å². The van der Waals surface area contributed by atoms with Gasteiger partial charge in [0, 0.05) is 18.2 Å². The Morgan fingerprint density at radius 3 is 3.11 bits per heavy atom. The van der Waals surface area contributed by atoms with Gasteiger partial charge in [0.15, 0.2) is 5.78 Å². The zero-order valence-corrected chi connectivity index (χ0v) is 11.2. The average molecular weight is 260 g/mol. The first-order valence-corrected chi connectivity index (χ1v) is 7.09. The molecule has 1 atom stereocenters. The fourth-order valence-corrected chi connectivity index (χ4v) is 2.41. The Morgan fingerprint density at radius 2 is 2.37 bits per heavy atom. The predicted molar refractivity (Wildman–Crippen MR) is 75.0 cm³/mol. The lowest BCUT2D eigenvalue weighted by molar-refractivity contribution is 0.0939. The summed E-state index contributed by atoms with van der Waals surface area (Å²) in [6, 6.07) is 6.15. The second kappa shape index (κ2) is 5.21. The van der Waals surface area contributed by atoms with E-state index in [0.717, 1.165) is 30.0 Å². The normalized spacial score (nSPS) is 19.0. The summed E-state index contributed by atoms with van der Waals surface area (Å²) in [5, 5.41) is 6.69. The summed E-state index contributed by atoms with van der Waals surface area (Å²) in [5.41, 5.74) is 1.69. The van der Waals surface area contributed by atoms with E-state index < -0.39 is 0 Å². The molecular formula is C15H20N2O2. The van der Waals surface area contributed by atoms with Crippen LogP contribution in [0.2, 0.25) is 0 Å². The van der Waals surface area contributed by atoms with E-state index in [1.807, 2.05) is 18.2 Å². The number of carbonyl (C=O) groups excluding carboxylic acids is 1. The molecule has 1 aromatic rings. The molecule has 0 saturated heterocycles. The van der Waals surface area contributed by atoms with Crippen LogP contribution in [0.1, 0.15) is 36.5 Å². The van der Waals surface area contributed by atoms with E-state index in [0.29, 0.717) is 12.6 Å². The lowest BCUT2D eigenvalue weighted by Crippen LogP contribution is -2.37. The molecule has 19 heavy (non-hydrogen) atoms. The summed E-state index contributed by atoms with van der Waals surface area (Å²) >= 11 is 0. The smallest absolute Gasteiger partial charge is 0.179 e. The summed E-state index contributed by atoms with van der Waals surface area (Å²) in [5.74, 6) is 1.02. The first-order chi connectivity index (χ1) is 9.28. The summed E-state index contributed by atoms with van der Waals surface area (Å²) in [7, 11) is 0. The van der Waals surface area contributed by atoms with Crippen molar-refractivity contribution in [1.82, 2.24) is 5.32 Å². The fourth-order valence-electron chi connectivity index (χ4n) is 2.41. The molecule has 102 valence electrons. The van der Waals surface area contributed by atoms with Crippen LogP contribution in [0.4, 0.5) is 5.69 Å². The molecule has 3 rings (SSSR count). The quantitative estimate of drug-likeness (QED) is 0.797. The SMILES string of the molecule is CCC(NC1CC1)C(=O)c1ccc2c(c1)NCCO2. The molecule has 0 amide bonds. The number of anilines is 1. The van der Waals surface area contributed by atoms with Gasteiger partial charge in [-0.1, -0.05) is 6.92 Å².